The molecular formula is C22H20F3N3O3. The first kappa shape index (κ1) is 20.8. The van der Waals surface area contributed by atoms with E-state index in [-0.39, 0.29) is 11.5 Å². The third-order valence-corrected chi connectivity index (χ3v) is 5.15. The van der Waals surface area contributed by atoms with E-state index in [1.807, 2.05) is 0 Å². The zero-order chi connectivity index (χ0) is 22.2. The SMILES string of the molecule is COc1ccc(-c2n[nH]c(C3CC3)c2NC(=O)c2ccc(C(F)(F)F)cc2)cc1OC. The third-order valence-electron chi connectivity index (χ3n) is 5.15. The molecule has 0 spiro atoms. The number of aromatic nitrogens is 2. The molecule has 1 aliphatic rings. The molecule has 1 aliphatic carbocycles. The summed E-state index contributed by atoms with van der Waals surface area (Å²) in [7, 11) is 3.06. The molecule has 1 heterocycles. The maximum atomic E-state index is 12.8. The normalized spacial score (nSPS) is 13.7. The molecule has 2 N–H and O–H groups in total. The molecule has 2 aromatic carbocycles. The lowest BCUT2D eigenvalue weighted by Gasteiger charge is -2.12. The molecular weight excluding hydrogens is 411 g/mol. The van der Waals surface area contributed by atoms with Crippen LogP contribution in [0, 0.1) is 0 Å². The summed E-state index contributed by atoms with van der Waals surface area (Å²) in [6.07, 6.45) is -2.52. The van der Waals surface area contributed by atoms with Crippen LogP contribution in [0.25, 0.3) is 11.3 Å². The number of hydrogen-bond donors (Lipinski definition) is 2. The van der Waals surface area contributed by atoms with Crippen molar-refractivity contribution < 1.29 is 27.4 Å². The smallest absolute Gasteiger partial charge is 0.416 e. The van der Waals surface area contributed by atoms with Gasteiger partial charge in [-0.15, -0.1) is 0 Å². The number of H-pyrrole nitrogens is 1. The Morgan fingerprint density at radius 3 is 2.32 bits per heavy atom. The molecule has 0 bridgehead atoms. The Morgan fingerprint density at radius 1 is 1.06 bits per heavy atom. The molecule has 1 saturated carbocycles. The summed E-state index contributed by atoms with van der Waals surface area (Å²) >= 11 is 0. The van der Waals surface area contributed by atoms with Gasteiger partial charge in [-0.2, -0.15) is 18.3 Å². The summed E-state index contributed by atoms with van der Waals surface area (Å²) in [5, 5.41) is 10.2. The lowest BCUT2D eigenvalue weighted by molar-refractivity contribution is -0.137. The number of methoxy groups -OCH3 is 2. The highest BCUT2D eigenvalue weighted by Crippen LogP contribution is 2.46. The van der Waals surface area contributed by atoms with Crippen LogP contribution in [0.1, 0.15) is 40.4 Å². The summed E-state index contributed by atoms with van der Waals surface area (Å²) in [5.74, 6) is 0.804. The van der Waals surface area contributed by atoms with Gasteiger partial charge in [-0.3, -0.25) is 9.89 Å². The van der Waals surface area contributed by atoms with Crippen LogP contribution < -0.4 is 14.8 Å². The molecule has 1 aromatic heterocycles. The topological polar surface area (TPSA) is 76.2 Å². The Bertz CT molecular complexity index is 1100. The number of aromatic amines is 1. The molecule has 162 valence electrons. The number of halogens is 3. The van der Waals surface area contributed by atoms with Gasteiger partial charge in [0.2, 0.25) is 0 Å². The van der Waals surface area contributed by atoms with Crippen LogP contribution in [-0.4, -0.2) is 30.3 Å². The molecule has 9 heteroatoms. The number of rotatable bonds is 6. The highest BCUT2D eigenvalue weighted by atomic mass is 19.4. The van der Waals surface area contributed by atoms with Crippen LogP contribution in [0.5, 0.6) is 11.5 Å². The number of nitrogens with one attached hydrogen (secondary N) is 2. The fraction of sp³-hybridized carbons (Fsp3) is 0.273. The fourth-order valence-corrected chi connectivity index (χ4v) is 3.34. The van der Waals surface area contributed by atoms with E-state index >= 15 is 0 Å². The minimum absolute atomic E-state index is 0.120. The van der Waals surface area contributed by atoms with Crippen molar-refractivity contribution in [3.8, 4) is 22.8 Å². The van der Waals surface area contributed by atoms with Gasteiger partial charge < -0.3 is 14.8 Å². The van der Waals surface area contributed by atoms with E-state index in [2.05, 4.69) is 15.5 Å². The predicted octanol–water partition coefficient (Wildman–Crippen LogP) is 5.24. The monoisotopic (exact) mass is 431 g/mol. The van der Waals surface area contributed by atoms with E-state index < -0.39 is 17.6 Å². The number of amides is 1. The zero-order valence-electron chi connectivity index (χ0n) is 16.8. The number of benzene rings is 2. The second kappa shape index (κ2) is 7.98. The Hall–Kier alpha value is -3.49. The van der Waals surface area contributed by atoms with E-state index in [1.165, 1.54) is 14.2 Å². The van der Waals surface area contributed by atoms with Crippen LogP contribution in [-0.2, 0) is 6.18 Å². The third kappa shape index (κ3) is 4.21. The Kier molecular flexibility index (Phi) is 5.34. The number of alkyl halides is 3. The first-order chi connectivity index (χ1) is 14.8. The summed E-state index contributed by atoms with van der Waals surface area (Å²) in [6, 6.07) is 9.38. The molecule has 0 radical (unpaired) electrons. The summed E-state index contributed by atoms with van der Waals surface area (Å²) in [5.41, 5.74) is 1.84. The quantitative estimate of drug-likeness (QED) is 0.560. The van der Waals surface area contributed by atoms with Crippen molar-refractivity contribution in [2.75, 3.05) is 19.5 Å². The minimum Gasteiger partial charge on any atom is -0.493 e. The fourth-order valence-electron chi connectivity index (χ4n) is 3.34. The summed E-state index contributed by atoms with van der Waals surface area (Å²) in [6.45, 7) is 0. The molecule has 6 nitrogen and oxygen atoms in total. The van der Waals surface area contributed by atoms with Crippen LogP contribution in [0.2, 0.25) is 0 Å². The number of carbonyl (C=O) groups is 1. The van der Waals surface area contributed by atoms with Crippen molar-refractivity contribution in [1.29, 1.82) is 0 Å². The van der Waals surface area contributed by atoms with Crippen molar-refractivity contribution in [2.24, 2.45) is 0 Å². The second-order valence-corrected chi connectivity index (χ2v) is 7.23. The highest BCUT2D eigenvalue weighted by molar-refractivity contribution is 6.06. The van der Waals surface area contributed by atoms with E-state index in [0.29, 0.717) is 28.4 Å². The van der Waals surface area contributed by atoms with Crippen LogP contribution >= 0.6 is 0 Å². The van der Waals surface area contributed by atoms with E-state index in [9.17, 15) is 18.0 Å². The average Bonchev–Trinajstić information content (AvgIpc) is 3.53. The second-order valence-electron chi connectivity index (χ2n) is 7.23. The van der Waals surface area contributed by atoms with Gasteiger partial charge in [0, 0.05) is 17.0 Å². The molecule has 0 atom stereocenters. The maximum absolute atomic E-state index is 12.8. The standard InChI is InChI=1S/C22H20F3N3O3/c1-30-16-10-7-14(11-17(16)31-2)19-20(18(27-28-19)12-3-4-12)26-21(29)13-5-8-15(9-6-13)22(23,24)25/h5-12H,3-4H2,1-2H3,(H,26,29)(H,27,28). The van der Waals surface area contributed by atoms with Crippen molar-refractivity contribution in [1.82, 2.24) is 10.2 Å². The number of nitrogens with zero attached hydrogens (tertiary/aromatic N) is 1. The van der Waals surface area contributed by atoms with Gasteiger partial charge in [0.15, 0.2) is 11.5 Å². The average molecular weight is 431 g/mol. The van der Waals surface area contributed by atoms with Gasteiger partial charge in [-0.05, 0) is 55.3 Å². The number of ether oxygens (including phenoxy) is 2. The van der Waals surface area contributed by atoms with Gasteiger partial charge in [0.05, 0.1) is 31.2 Å². The Balaban J connectivity index is 1.67. The Labute approximate surface area is 176 Å². The molecule has 1 amide bonds. The number of anilines is 1. The number of carbonyl (C=O) groups excluding carboxylic acids is 1. The van der Waals surface area contributed by atoms with E-state index in [1.54, 1.807) is 18.2 Å². The van der Waals surface area contributed by atoms with Crippen molar-refractivity contribution in [2.45, 2.75) is 24.9 Å². The van der Waals surface area contributed by atoms with Crippen molar-refractivity contribution in [3.63, 3.8) is 0 Å². The molecule has 1 fully saturated rings. The van der Waals surface area contributed by atoms with E-state index in [4.69, 9.17) is 9.47 Å². The molecule has 0 unspecified atom stereocenters. The molecule has 0 saturated heterocycles. The Morgan fingerprint density at radius 2 is 1.74 bits per heavy atom. The van der Waals surface area contributed by atoms with Crippen LogP contribution in [0.3, 0.4) is 0 Å². The van der Waals surface area contributed by atoms with Crippen LogP contribution in [0.15, 0.2) is 42.5 Å². The molecule has 31 heavy (non-hydrogen) atoms. The van der Waals surface area contributed by atoms with Gasteiger partial charge in [-0.1, -0.05) is 0 Å². The van der Waals surface area contributed by atoms with Crippen LogP contribution in [0.4, 0.5) is 18.9 Å². The molecule has 4 rings (SSSR count). The number of hydrogen-bond acceptors (Lipinski definition) is 4. The molecule has 3 aromatic rings. The largest absolute Gasteiger partial charge is 0.493 e. The summed E-state index contributed by atoms with van der Waals surface area (Å²) in [4.78, 5) is 12.8. The van der Waals surface area contributed by atoms with Gasteiger partial charge in [0.25, 0.3) is 5.91 Å². The lowest BCUT2D eigenvalue weighted by atomic mass is 10.1. The van der Waals surface area contributed by atoms with E-state index in [0.717, 1.165) is 42.8 Å². The lowest BCUT2D eigenvalue weighted by Crippen LogP contribution is -2.14. The molecule has 0 aliphatic heterocycles. The zero-order valence-corrected chi connectivity index (χ0v) is 16.8. The summed E-state index contributed by atoms with van der Waals surface area (Å²) < 4.78 is 49.0. The first-order valence-corrected chi connectivity index (χ1v) is 9.61. The first-order valence-electron chi connectivity index (χ1n) is 9.61. The van der Waals surface area contributed by atoms with Crippen molar-refractivity contribution >= 4 is 11.6 Å². The van der Waals surface area contributed by atoms with Gasteiger partial charge >= 0.3 is 6.18 Å². The maximum Gasteiger partial charge on any atom is 0.416 e. The van der Waals surface area contributed by atoms with Crippen molar-refractivity contribution in [3.05, 3.63) is 59.3 Å². The predicted molar refractivity (Wildman–Crippen MR) is 108 cm³/mol. The minimum atomic E-state index is -4.46. The van der Waals surface area contributed by atoms with Gasteiger partial charge in [-0.25, -0.2) is 0 Å². The highest BCUT2D eigenvalue weighted by Gasteiger charge is 2.32. The van der Waals surface area contributed by atoms with Gasteiger partial charge in [0.1, 0.15) is 5.69 Å².